The standard InChI is InChI=1S/C16H28N2O3/c1-21-16(20)13-7-9-18(10-8-13)15(19)14(17)11-12-5-3-2-4-6-12/h12-14H,2-11,17H2,1H3. The number of esters is 1. The van der Waals surface area contributed by atoms with E-state index in [0.29, 0.717) is 31.8 Å². The number of piperidine rings is 1. The number of hydrogen-bond donors (Lipinski definition) is 1. The summed E-state index contributed by atoms with van der Waals surface area (Å²) < 4.78 is 4.77. The molecule has 1 saturated heterocycles. The van der Waals surface area contributed by atoms with Crippen LogP contribution in [0.2, 0.25) is 0 Å². The molecule has 21 heavy (non-hydrogen) atoms. The average Bonchev–Trinajstić information content (AvgIpc) is 2.54. The van der Waals surface area contributed by atoms with Gasteiger partial charge < -0.3 is 15.4 Å². The average molecular weight is 296 g/mol. The van der Waals surface area contributed by atoms with Gasteiger partial charge in [0, 0.05) is 13.1 Å². The number of rotatable bonds is 4. The maximum Gasteiger partial charge on any atom is 0.308 e. The minimum absolute atomic E-state index is 0.0592. The molecule has 2 aliphatic rings. The van der Waals surface area contributed by atoms with Gasteiger partial charge in [0.25, 0.3) is 0 Å². The predicted molar refractivity (Wildman–Crippen MR) is 80.5 cm³/mol. The van der Waals surface area contributed by atoms with Gasteiger partial charge in [-0.1, -0.05) is 32.1 Å². The summed E-state index contributed by atoms with van der Waals surface area (Å²) in [4.78, 5) is 25.7. The quantitative estimate of drug-likeness (QED) is 0.801. The molecule has 1 aliphatic heterocycles. The molecule has 1 atom stereocenters. The molecule has 0 bridgehead atoms. The van der Waals surface area contributed by atoms with Crippen LogP contribution in [0.3, 0.4) is 0 Å². The van der Waals surface area contributed by atoms with Crippen molar-refractivity contribution in [2.45, 2.75) is 57.4 Å². The summed E-state index contributed by atoms with van der Waals surface area (Å²) >= 11 is 0. The Morgan fingerprint density at radius 2 is 1.76 bits per heavy atom. The highest BCUT2D eigenvalue weighted by Crippen LogP contribution is 2.27. The van der Waals surface area contributed by atoms with Crippen LogP contribution in [-0.2, 0) is 14.3 Å². The van der Waals surface area contributed by atoms with Crippen LogP contribution in [0.15, 0.2) is 0 Å². The fraction of sp³-hybridized carbons (Fsp3) is 0.875. The van der Waals surface area contributed by atoms with Crippen LogP contribution in [0.4, 0.5) is 0 Å². The summed E-state index contributed by atoms with van der Waals surface area (Å²) in [7, 11) is 1.42. The Balaban J connectivity index is 1.76. The molecule has 0 aromatic rings. The van der Waals surface area contributed by atoms with Crippen molar-refractivity contribution in [1.82, 2.24) is 4.90 Å². The molecule has 2 rings (SSSR count). The highest BCUT2D eigenvalue weighted by molar-refractivity contribution is 5.82. The number of likely N-dealkylation sites (tertiary alicyclic amines) is 1. The Bertz CT molecular complexity index is 359. The van der Waals surface area contributed by atoms with Crippen molar-refractivity contribution in [3.63, 3.8) is 0 Å². The van der Waals surface area contributed by atoms with Gasteiger partial charge in [-0.05, 0) is 25.2 Å². The molecule has 1 unspecified atom stereocenters. The van der Waals surface area contributed by atoms with E-state index in [-0.39, 0.29) is 23.8 Å². The van der Waals surface area contributed by atoms with Crippen molar-refractivity contribution in [3.8, 4) is 0 Å². The van der Waals surface area contributed by atoms with Crippen molar-refractivity contribution in [2.75, 3.05) is 20.2 Å². The van der Waals surface area contributed by atoms with E-state index in [2.05, 4.69) is 0 Å². The Hall–Kier alpha value is -1.10. The summed E-state index contributed by atoms with van der Waals surface area (Å²) in [6, 6.07) is -0.372. The van der Waals surface area contributed by atoms with E-state index in [1.165, 1.54) is 39.2 Å². The van der Waals surface area contributed by atoms with E-state index in [1.54, 1.807) is 0 Å². The number of carbonyl (C=O) groups excluding carboxylic acids is 2. The highest BCUT2D eigenvalue weighted by atomic mass is 16.5. The van der Waals surface area contributed by atoms with E-state index in [9.17, 15) is 9.59 Å². The SMILES string of the molecule is COC(=O)C1CCN(C(=O)C(N)CC2CCCCC2)CC1. The van der Waals surface area contributed by atoms with Gasteiger partial charge in [0.2, 0.25) is 5.91 Å². The van der Waals surface area contributed by atoms with Gasteiger partial charge in [0.15, 0.2) is 0 Å². The van der Waals surface area contributed by atoms with Crippen molar-refractivity contribution >= 4 is 11.9 Å². The zero-order valence-corrected chi connectivity index (χ0v) is 13.1. The van der Waals surface area contributed by atoms with Crippen LogP contribution in [0.1, 0.15) is 51.4 Å². The molecule has 1 heterocycles. The van der Waals surface area contributed by atoms with Crippen LogP contribution in [0.25, 0.3) is 0 Å². The van der Waals surface area contributed by atoms with Crippen LogP contribution in [0, 0.1) is 11.8 Å². The van der Waals surface area contributed by atoms with Gasteiger partial charge >= 0.3 is 5.97 Å². The van der Waals surface area contributed by atoms with Crippen molar-refractivity contribution in [2.24, 2.45) is 17.6 Å². The van der Waals surface area contributed by atoms with E-state index in [4.69, 9.17) is 10.5 Å². The fourth-order valence-electron chi connectivity index (χ4n) is 3.62. The van der Waals surface area contributed by atoms with Crippen molar-refractivity contribution in [3.05, 3.63) is 0 Å². The van der Waals surface area contributed by atoms with Gasteiger partial charge in [0.05, 0.1) is 19.1 Å². The van der Waals surface area contributed by atoms with Crippen LogP contribution >= 0.6 is 0 Å². The van der Waals surface area contributed by atoms with E-state index in [0.717, 1.165) is 6.42 Å². The van der Waals surface area contributed by atoms with Gasteiger partial charge in [-0.3, -0.25) is 9.59 Å². The molecular weight excluding hydrogens is 268 g/mol. The third-order valence-corrected chi connectivity index (χ3v) is 4.97. The molecule has 2 fully saturated rings. The van der Waals surface area contributed by atoms with Gasteiger partial charge in [-0.25, -0.2) is 0 Å². The van der Waals surface area contributed by atoms with Gasteiger partial charge in [-0.2, -0.15) is 0 Å². The number of ether oxygens (including phenoxy) is 1. The second kappa shape index (κ2) is 7.78. The van der Waals surface area contributed by atoms with E-state index < -0.39 is 0 Å². The zero-order chi connectivity index (χ0) is 15.2. The smallest absolute Gasteiger partial charge is 0.308 e. The molecule has 0 radical (unpaired) electrons. The van der Waals surface area contributed by atoms with E-state index in [1.807, 2.05) is 4.90 Å². The molecule has 0 spiro atoms. The number of nitrogens with two attached hydrogens (primary N) is 1. The molecule has 120 valence electrons. The first-order chi connectivity index (χ1) is 10.1. The maximum absolute atomic E-state index is 12.4. The minimum Gasteiger partial charge on any atom is -0.469 e. The van der Waals surface area contributed by atoms with Crippen molar-refractivity contribution < 1.29 is 14.3 Å². The lowest BCUT2D eigenvalue weighted by Crippen LogP contribution is -2.48. The maximum atomic E-state index is 12.4. The lowest BCUT2D eigenvalue weighted by Gasteiger charge is -2.33. The number of carbonyl (C=O) groups is 2. The van der Waals surface area contributed by atoms with Gasteiger partial charge in [-0.15, -0.1) is 0 Å². The molecule has 5 nitrogen and oxygen atoms in total. The molecule has 5 heteroatoms. The number of methoxy groups -OCH3 is 1. The molecule has 1 saturated carbocycles. The first kappa shape index (κ1) is 16.3. The molecular formula is C16H28N2O3. The lowest BCUT2D eigenvalue weighted by atomic mass is 9.84. The third-order valence-electron chi connectivity index (χ3n) is 4.97. The third kappa shape index (κ3) is 4.43. The summed E-state index contributed by atoms with van der Waals surface area (Å²) in [5.41, 5.74) is 6.12. The first-order valence-electron chi connectivity index (χ1n) is 8.24. The second-order valence-corrected chi connectivity index (χ2v) is 6.47. The molecule has 0 aromatic carbocycles. The molecule has 1 amide bonds. The zero-order valence-electron chi connectivity index (χ0n) is 13.1. The molecule has 0 aromatic heterocycles. The minimum atomic E-state index is -0.372. The number of hydrogen-bond acceptors (Lipinski definition) is 4. The highest BCUT2D eigenvalue weighted by Gasteiger charge is 2.31. The first-order valence-corrected chi connectivity index (χ1v) is 8.24. The summed E-state index contributed by atoms with van der Waals surface area (Å²) in [5, 5.41) is 0. The summed E-state index contributed by atoms with van der Waals surface area (Å²) in [6.45, 7) is 1.24. The number of nitrogens with zero attached hydrogens (tertiary/aromatic N) is 1. The van der Waals surface area contributed by atoms with Crippen LogP contribution < -0.4 is 5.73 Å². The Morgan fingerprint density at radius 3 is 2.33 bits per heavy atom. The molecule has 2 N–H and O–H groups in total. The number of amides is 1. The predicted octanol–water partition coefficient (Wildman–Crippen LogP) is 1.70. The van der Waals surface area contributed by atoms with Crippen LogP contribution in [0.5, 0.6) is 0 Å². The lowest BCUT2D eigenvalue weighted by molar-refractivity contribution is -0.149. The topological polar surface area (TPSA) is 72.6 Å². The van der Waals surface area contributed by atoms with Crippen LogP contribution in [-0.4, -0.2) is 43.0 Å². The Kier molecular flexibility index (Phi) is 6.03. The fourth-order valence-corrected chi connectivity index (χ4v) is 3.62. The van der Waals surface area contributed by atoms with Crippen molar-refractivity contribution in [1.29, 1.82) is 0 Å². The second-order valence-electron chi connectivity index (χ2n) is 6.47. The largest absolute Gasteiger partial charge is 0.469 e. The Morgan fingerprint density at radius 1 is 1.14 bits per heavy atom. The Labute approximate surface area is 127 Å². The summed E-state index contributed by atoms with van der Waals surface area (Å²) in [6.07, 6.45) is 8.49. The summed E-state index contributed by atoms with van der Waals surface area (Å²) in [5.74, 6) is 0.455. The monoisotopic (exact) mass is 296 g/mol. The normalized spacial score (nSPS) is 22.9. The van der Waals surface area contributed by atoms with Gasteiger partial charge in [0.1, 0.15) is 0 Å². The van der Waals surface area contributed by atoms with E-state index >= 15 is 0 Å². The molecule has 1 aliphatic carbocycles.